The number of fused-ring (bicyclic) bond motifs is 7. The third kappa shape index (κ3) is 6.67. The summed E-state index contributed by atoms with van der Waals surface area (Å²) >= 11 is 0. The molecular formula is C64H70BN3. The zero-order chi connectivity index (χ0) is 47.9. The smallest absolute Gasteiger partial charge is 0.252 e. The molecule has 3 heterocycles. The van der Waals surface area contributed by atoms with Crippen LogP contribution in [0.15, 0.2) is 140 Å². The largest absolute Gasteiger partial charge is 0.334 e. The average molecular weight is 892 g/mol. The molecule has 1 fully saturated rings. The van der Waals surface area contributed by atoms with E-state index in [1.807, 2.05) is 0 Å². The highest BCUT2D eigenvalue weighted by atomic mass is 15.3. The van der Waals surface area contributed by atoms with Gasteiger partial charge < -0.3 is 14.7 Å². The lowest BCUT2D eigenvalue weighted by molar-refractivity contribution is 0.195. The maximum absolute atomic E-state index is 2.83. The van der Waals surface area contributed by atoms with Crippen LogP contribution in [-0.2, 0) is 21.7 Å². The van der Waals surface area contributed by atoms with Crippen LogP contribution in [0, 0.1) is 13.8 Å². The van der Waals surface area contributed by atoms with Crippen molar-refractivity contribution in [2.45, 2.75) is 143 Å². The monoisotopic (exact) mass is 892 g/mol. The number of hydrogen-bond donors (Lipinski definition) is 0. The number of para-hydroxylation sites is 1. The zero-order valence-corrected chi connectivity index (χ0v) is 43.0. The van der Waals surface area contributed by atoms with Crippen LogP contribution in [0.4, 0.5) is 45.5 Å². The van der Waals surface area contributed by atoms with Crippen molar-refractivity contribution in [1.82, 2.24) is 0 Å². The van der Waals surface area contributed by atoms with Crippen LogP contribution in [0.25, 0.3) is 11.1 Å². The average Bonchev–Trinajstić information content (AvgIpc) is 3.51. The Balaban J connectivity index is 1.28. The summed E-state index contributed by atoms with van der Waals surface area (Å²) in [6, 6.07) is 54.7. The summed E-state index contributed by atoms with van der Waals surface area (Å²) in [6.45, 7) is 30.9. The zero-order valence-electron chi connectivity index (χ0n) is 43.0. The standard InChI is InChI=1S/C64H70BN3/c1-41-35-42(2)59-50(36-41)63(12)33-19-20-34-64(63,13)68(59)48-39-56-58-57(40-48)67(53-31-27-45(61(6,7)8)37-49(53)43-21-15-14-16-22-43)54-24-18-17-23-51(54)65(58)52-38-46(62(9,10)11)28-32-55(52)66(56)47-29-25-44(26-30-47)60(3,4)5/h14-18,21-32,35-40H,19-20,33-34H2,1-13H3. The number of hydrogen-bond acceptors (Lipinski definition) is 3. The van der Waals surface area contributed by atoms with Gasteiger partial charge in [-0.25, -0.2) is 0 Å². The van der Waals surface area contributed by atoms with Gasteiger partial charge in [-0.3, -0.25) is 0 Å². The van der Waals surface area contributed by atoms with Crippen molar-refractivity contribution in [3.8, 4) is 11.1 Å². The number of benzene rings is 7. The first-order valence-corrected chi connectivity index (χ1v) is 25.4. The lowest BCUT2D eigenvalue weighted by atomic mass is 9.33. The summed E-state index contributed by atoms with van der Waals surface area (Å²) in [6.07, 6.45) is 4.81. The molecule has 4 aliphatic rings. The van der Waals surface area contributed by atoms with E-state index in [0.717, 1.165) is 6.42 Å². The van der Waals surface area contributed by atoms with Crippen LogP contribution in [-0.4, -0.2) is 12.3 Å². The summed E-state index contributed by atoms with van der Waals surface area (Å²) in [7, 11) is 0. The van der Waals surface area contributed by atoms with E-state index in [9.17, 15) is 0 Å². The molecule has 1 aliphatic carbocycles. The molecule has 3 aliphatic heterocycles. The van der Waals surface area contributed by atoms with Crippen LogP contribution < -0.4 is 31.1 Å². The second kappa shape index (κ2) is 15.3. The Morgan fingerprint density at radius 3 is 1.74 bits per heavy atom. The van der Waals surface area contributed by atoms with Crippen LogP contribution in [0.3, 0.4) is 0 Å². The Hall–Kier alpha value is -6.00. The fraction of sp³-hybridized carbons (Fsp3) is 0.344. The predicted octanol–water partition coefficient (Wildman–Crippen LogP) is 15.7. The Morgan fingerprint density at radius 1 is 0.485 bits per heavy atom. The third-order valence-electron chi connectivity index (χ3n) is 16.8. The number of anilines is 8. The second-order valence-corrected chi connectivity index (χ2v) is 24.4. The minimum atomic E-state index is -0.124. The lowest BCUT2D eigenvalue weighted by Crippen LogP contribution is -2.61. The molecule has 11 rings (SSSR count). The van der Waals surface area contributed by atoms with Gasteiger partial charge in [-0.2, -0.15) is 0 Å². The minimum absolute atomic E-state index is 0.00101. The molecule has 0 amide bonds. The van der Waals surface area contributed by atoms with E-state index in [2.05, 4.69) is 244 Å². The van der Waals surface area contributed by atoms with Crippen molar-refractivity contribution >= 4 is 68.6 Å². The van der Waals surface area contributed by atoms with E-state index in [-0.39, 0.29) is 33.9 Å². The Bertz CT molecular complexity index is 3140. The quantitative estimate of drug-likeness (QED) is 0.163. The Kier molecular flexibility index (Phi) is 9.98. The summed E-state index contributed by atoms with van der Waals surface area (Å²) in [5, 5.41) is 0. The van der Waals surface area contributed by atoms with E-state index >= 15 is 0 Å². The van der Waals surface area contributed by atoms with Gasteiger partial charge in [0.05, 0.1) is 11.2 Å². The first kappa shape index (κ1) is 44.5. The Morgan fingerprint density at radius 2 is 1.06 bits per heavy atom. The van der Waals surface area contributed by atoms with Crippen LogP contribution in [0.1, 0.15) is 135 Å². The normalized spacial score (nSPS) is 19.6. The summed E-state index contributed by atoms with van der Waals surface area (Å²) in [5.41, 5.74) is 24.7. The van der Waals surface area contributed by atoms with Crippen molar-refractivity contribution in [1.29, 1.82) is 0 Å². The molecule has 2 atom stereocenters. The fourth-order valence-corrected chi connectivity index (χ4v) is 12.8. The van der Waals surface area contributed by atoms with Crippen molar-refractivity contribution in [3.63, 3.8) is 0 Å². The van der Waals surface area contributed by atoms with Crippen molar-refractivity contribution in [2.75, 3.05) is 14.7 Å². The van der Waals surface area contributed by atoms with Crippen molar-refractivity contribution < 1.29 is 0 Å². The molecule has 68 heavy (non-hydrogen) atoms. The number of nitrogens with zero attached hydrogens (tertiary/aromatic N) is 3. The maximum Gasteiger partial charge on any atom is 0.252 e. The summed E-state index contributed by atoms with van der Waals surface area (Å²) in [4.78, 5) is 8.12. The van der Waals surface area contributed by atoms with E-state index < -0.39 is 0 Å². The maximum atomic E-state index is 2.83. The summed E-state index contributed by atoms with van der Waals surface area (Å²) < 4.78 is 0. The molecule has 0 N–H and O–H groups in total. The van der Waals surface area contributed by atoms with E-state index in [0.29, 0.717) is 0 Å². The van der Waals surface area contributed by atoms with Gasteiger partial charge in [0.25, 0.3) is 6.71 Å². The molecule has 0 saturated heterocycles. The number of rotatable bonds is 4. The molecule has 7 aromatic rings. The molecule has 0 aromatic heterocycles. The van der Waals surface area contributed by atoms with Gasteiger partial charge >= 0.3 is 0 Å². The molecule has 3 nitrogen and oxygen atoms in total. The molecule has 0 radical (unpaired) electrons. The van der Waals surface area contributed by atoms with Gasteiger partial charge in [0.2, 0.25) is 0 Å². The molecule has 4 heteroatoms. The van der Waals surface area contributed by atoms with Gasteiger partial charge in [0, 0.05) is 50.8 Å². The topological polar surface area (TPSA) is 9.72 Å². The molecule has 1 saturated carbocycles. The lowest BCUT2D eigenvalue weighted by Gasteiger charge is -2.51. The molecular weight excluding hydrogens is 822 g/mol. The van der Waals surface area contributed by atoms with Gasteiger partial charge in [-0.15, -0.1) is 0 Å². The van der Waals surface area contributed by atoms with Gasteiger partial charge in [0.1, 0.15) is 0 Å². The van der Waals surface area contributed by atoms with Crippen LogP contribution in [0.5, 0.6) is 0 Å². The van der Waals surface area contributed by atoms with Crippen LogP contribution in [0.2, 0.25) is 0 Å². The molecule has 0 bridgehead atoms. The first-order chi connectivity index (χ1) is 32.2. The van der Waals surface area contributed by atoms with E-state index in [1.54, 1.807) is 0 Å². The molecule has 2 unspecified atom stereocenters. The predicted molar refractivity (Wildman–Crippen MR) is 294 cm³/mol. The molecule has 344 valence electrons. The number of aryl methyl sites for hydroxylation is 2. The second-order valence-electron chi connectivity index (χ2n) is 24.4. The van der Waals surface area contributed by atoms with Gasteiger partial charge in [-0.05, 0) is 148 Å². The highest BCUT2D eigenvalue weighted by Gasteiger charge is 2.58. The van der Waals surface area contributed by atoms with E-state index in [4.69, 9.17) is 0 Å². The summed E-state index contributed by atoms with van der Waals surface area (Å²) in [5.74, 6) is 0. The molecule has 0 spiro atoms. The Labute approximate surface area is 408 Å². The third-order valence-corrected chi connectivity index (χ3v) is 16.8. The van der Waals surface area contributed by atoms with Crippen LogP contribution >= 0.6 is 0 Å². The highest BCUT2D eigenvalue weighted by Crippen LogP contribution is 2.63. The van der Waals surface area contributed by atoms with Gasteiger partial charge in [0.15, 0.2) is 0 Å². The first-order valence-electron chi connectivity index (χ1n) is 25.4. The van der Waals surface area contributed by atoms with Crippen molar-refractivity contribution in [3.05, 3.63) is 173 Å². The molecule has 7 aromatic carbocycles. The fourth-order valence-electron chi connectivity index (χ4n) is 12.8. The highest BCUT2D eigenvalue weighted by molar-refractivity contribution is 7.00. The van der Waals surface area contributed by atoms with Gasteiger partial charge in [-0.1, -0.05) is 179 Å². The van der Waals surface area contributed by atoms with E-state index in [1.165, 1.54) is 126 Å². The SMILES string of the molecule is Cc1cc(C)c2c(c1)C1(C)CCCCC1(C)N2c1cc2c3c(c1)N(c1ccc(C(C)(C)C)cc1-c1ccccc1)c1ccccc1B3c1cc(C(C)(C)C)ccc1N2c1ccc(C(C)(C)C)cc1. The van der Waals surface area contributed by atoms with Crippen molar-refractivity contribution in [2.24, 2.45) is 0 Å². The minimum Gasteiger partial charge on any atom is -0.334 e.